The molecular formula is C15H30. The van der Waals surface area contributed by atoms with Gasteiger partial charge in [0.1, 0.15) is 0 Å². The minimum absolute atomic E-state index is 0.888. The lowest BCUT2D eigenvalue weighted by Gasteiger charge is -2.28. The molecule has 90 valence electrons. The van der Waals surface area contributed by atoms with Crippen molar-refractivity contribution in [3.8, 4) is 0 Å². The summed E-state index contributed by atoms with van der Waals surface area (Å²) in [5.74, 6) is 3.92. The van der Waals surface area contributed by atoms with Crippen molar-refractivity contribution in [2.45, 2.75) is 72.6 Å². The highest BCUT2D eigenvalue weighted by Gasteiger charge is 2.19. The van der Waals surface area contributed by atoms with Gasteiger partial charge in [-0.1, -0.05) is 66.2 Å². The maximum Gasteiger partial charge on any atom is -0.0412 e. The monoisotopic (exact) mass is 210 g/mol. The molecule has 0 aromatic heterocycles. The van der Waals surface area contributed by atoms with Crippen LogP contribution in [0, 0.1) is 23.7 Å². The van der Waals surface area contributed by atoms with E-state index in [0.717, 1.165) is 23.7 Å². The highest BCUT2D eigenvalue weighted by Crippen LogP contribution is 2.33. The van der Waals surface area contributed by atoms with Gasteiger partial charge in [0.15, 0.2) is 0 Å². The van der Waals surface area contributed by atoms with Crippen LogP contribution in [-0.4, -0.2) is 0 Å². The fourth-order valence-electron chi connectivity index (χ4n) is 2.87. The Morgan fingerprint density at radius 2 is 1.53 bits per heavy atom. The first-order valence-corrected chi connectivity index (χ1v) is 7.08. The smallest absolute Gasteiger partial charge is 0.0412 e. The molecule has 0 bridgehead atoms. The second-order valence-corrected chi connectivity index (χ2v) is 6.44. The van der Waals surface area contributed by atoms with Crippen LogP contribution in [0.2, 0.25) is 0 Å². The summed E-state index contributed by atoms with van der Waals surface area (Å²) < 4.78 is 0. The van der Waals surface area contributed by atoms with Crippen LogP contribution in [0.25, 0.3) is 0 Å². The highest BCUT2D eigenvalue weighted by atomic mass is 14.3. The first-order valence-electron chi connectivity index (χ1n) is 7.08. The molecule has 0 aromatic carbocycles. The highest BCUT2D eigenvalue weighted by molar-refractivity contribution is 4.72. The summed E-state index contributed by atoms with van der Waals surface area (Å²) in [6.07, 6.45) is 10.4. The third kappa shape index (κ3) is 5.58. The molecule has 0 heteroatoms. The Labute approximate surface area is 96.8 Å². The maximum absolute atomic E-state index is 2.46. The molecule has 0 heterocycles. The zero-order chi connectivity index (χ0) is 11.3. The van der Waals surface area contributed by atoms with Gasteiger partial charge in [0.2, 0.25) is 0 Å². The molecule has 0 nitrogen and oxygen atoms in total. The van der Waals surface area contributed by atoms with E-state index in [9.17, 15) is 0 Å². The number of rotatable bonds is 5. The van der Waals surface area contributed by atoms with Crippen molar-refractivity contribution >= 4 is 0 Å². The standard InChI is InChI=1S/C15H30/c1-12(2)5-6-14(4)11-15-9-7-13(3)8-10-15/h12-15H,5-11H2,1-4H3. The first-order chi connectivity index (χ1) is 7.08. The molecule has 0 N–H and O–H groups in total. The summed E-state index contributed by atoms with van der Waals surface area (Å²) >= 11 is 0. The molecule has 1 rings (SSSR count). The molecule has 1 aliphatic carbocycles. The Hall–Kier alpha value is 0. The fraction of sp³-hybridized carbons (Fsp3) is 1.00. The van der Waals surface area contributed by atoms with E-state index in [1.165, 1.54) is 44.9 Å². The van der Waals surface area contributed by atoms with Gasteiger partial charge in [0, 0.05) is 0 Å². The molecule has 1 fully saturated rings. The Morgan fingerprint density at radius 3 is 2.07 bits per heavy atom. The average molecular weight is 210 g/mol. The average Bonchev–Trinajstić information content (AvgIpc) is 2.19. The van der Waals surface area contributed by atoms with Gasteiger partial charge in [-0.05, 0) is 30.1 Å². The van der Waals surface area contributed by atoms with Gasteiger partial charge >= 0.3 is 0 Å². The molecule has 1 aliphatic rings. The molecule has 0 radical (unpaired) electrons. The lowest BCUT2D eigenvalue weighted by Crippen LogP contribution is -2.15. The van der Waals surface area contributed by atoms with Crippen LogP contribution >= 0.6 is 0 Å². The van der Waals surface area contributed by atoms with E-state index in [0.29, 0.717) is 0 Å². The summed E-state index contributed by atoms with van der Waals surface area (Å²) in [6.45, 7) is 9.56. The van der Waals surface area contributed by atoms with Crippen LogP contribution in [-0.2, 0) is 0 Å². The molecule has 15 heavy (non-hydrogen) atoms. The zero-order valence-electron chi connectivity index (χ0n) is 11.3. The normalized spacial score (nSPS) is 29.4. The van der Waals surface area contributed by atoms with Crippen LogP contribution in [0.1, 0.15) is 72.6 Å². The summed E-state index contributed by atoms with van der Waals surface area (Å²) in [5, 5.41) is 0. The van der Waals surface area contributed by atoms with E-state index >= 15 is 0 Å². The van der Waals surface area contributed by atoms with Gasteiger partial charge < -0.3 is 0 Å². The van der Waals surface area contributed by atoms with Crippen molar-refractivity contribution in [2.75, 3.05) is 0 Å². The first kappa shape index (κ1) is 13.1. The largest absolute Gasteiger partial charge is 0.0628 e. The van der Waals surface area contributed by atoms with Crippen LogP contribution in [0.4, 0.5) is 0 Å². The second kappa shape index (κ2) is 6.55. The van der Waals surface area contributed by atoms with Crippen LogP contribution in [0.15, 0.2) is 0 Å². The lowest BCUT2D eigenvalue weighted by molar-refractivity contribution is 0.242. The Kier molecular flexibility index (Phi) is 5.71. The van der Waals surface area contributed by atoms with Crippen molar-refractivity contribution in [1.29, 1.82) is 0 Å². The minimum Gasteiger partial charge on any atom is -0.0628 e. The van der Waals surface area contributed by atoms with Gasteiger partial charge in [-0.2, -0.15) is 0 Å². The third-order valence-corrected chi connectivity index (χ3v) is 4.11. The molecule has 1 unspecified atom stereocenters. The topological polar surface area (TPSA) is 0 Å². The molecule has 0 amide bonds. The van der Waals surface area contributed by atoms with E-state index in [-0.39, 0.29) is 0 Å². The predicted octanol–water partition coefficient (Wildman–Crippen LogP) is 5.28. The van der Waals surface area contributed by atoms with Gasteiger partial charge in [-0.25, -0.2) is 0 Å². The Balaban J connectivity index is 2.12. The number of hydrogen-bond acceptors (Lipinski definition) is 0. The van der Waals surface area contributed by atoms with Gasteiger partial charge in [-0.15, -0.1) is 0 Å². The molecule has 1 saturated carbocycles. The van der Waals surface area contributed by atoms with Crippen LogP contribution in [0.5, 0.6) is 0 Å². The quantitative estimate of drug-likeness (QED) is 0.579. The van der Waals surface area contributed by atoms with Crippen LogP contribution in [0.3, 0.4) is 0 Å². The predicted molar refractivity (Wildman–Crippen MR) is 69.0 cm³/mol. The van der Waals surface area contributed by atoms with E-state index in [4.69, 9.17) is 0 Å². The molecule has 0 saturated heterocycles. The molecule has 0 aromatic rings. The second-order valence-electron chi connectivity index (χ2n) is 6.44. The van der Waals surface area contributed by atoms with E-state index in [1.54, 1.807) is 0 Å². The lowest BCUT2D eigenvalue weighted by atomic mass is 9.78. The summed E-state index contributed by atoms with van der Waals surface area (Å²) in [5.41, 5.74) is 0. The molecular weight excluding hydrogens is 180 g/mol. The van der Waals surface area contributed by atoms with E-state index in [1.807, 2.05) is 0 Å². The summed E-state index contributed by atoms with van der Waals surface area (Å²) in [7, 11) is 0. The summed E-state index contributed by atoms with van der Waals surface area (Å²) in [4.78, 5) is 0. The van der Waals surface area contributed by atoms with Gasteiger partial charge in [0.25, 0.3) is 0 Å². The Bertz CT molecular complexity index is 151. The van der Waals surface area contributed by atoms with Crippen molar-refractivity contribution in [3.05, 3.63) is 0 Å². The van der Waals surface area contributed by atoms with E-state index < -0.39 is 0 Å². The Morgan fingerprint density at radius 1 is 0.933 bits per heavy atom. The van der Waals surface area contributed by atoms with Crippen molar-refractivity contribution in [3.63, 3.8) is 0 Å². The zero-order valence-corrected chi connectivity index (χ0v) is 11.3. The SMILES string of the molecule is CC(C)CCC(C)CC1CCC(C)CC1. The van der Waals surface area contributed by atoms with Gasteiger partial charge in [-0.3, -0.25) is 0 Å². The van der Waals surface area contributed by atoms with Crippen molar-refractivity contribution < 1.29 is 0 Å². The van der Waals surface area contributed by atoms with Crippen molar-refractivity contribution in [2.24, 2.45) is 23.7 Å². The van der Waals surface area contributed by atoms with E-state index in [2.05, 4.69) is 27.7 Å². The maximum atomic E-state index is 2.46. The number of hydrogen-bond donors (Lipinski definition) is 0. The third-order valence-electron chi connectivity index (χ3n) is 4.11. The fourth-order valence-corrected chi connectivity index (χ4v) is 2.87. The van der Waals surface area contributed by atoms with Gasteiger partial charge in [0.05, 0.1) is 0 Å². The van der Waals surface area contributed by atoms with Crippen molar-refractivity contribution in [1.82, 2.24) is 0 Å². The molecule has 0 aliphatic heterocycles. The molecule has 1 atom stereocenters. The summed E-state index contributed by atoms with van der Waals surface area (Å²) in [6, 6.07) is 0. The van der Waals surface area contributed by atoms with Crippen LogP contribution < -0.4 is 0 Å². The minimum atomic E-state index is 0.888. The molecule has 0 spiro atoms.